The molecule has 0 aliphatic carbocycles. The summed E-state index contributed by atoms with van der Waals surface area (Å²) in [6, 6.07) is 19.6. The van der Waals surface area contributed by atoms with Crippen LogP contribution in [0.5, 0.6) is 0 Å². The molecule has 0 N–H and O–H groups in total. The van der Waals surface area contributed by atoms with Gasteiger partial charge in [0.05, 0.1) is 6.54 Å². The molecule has 3 rings (SSSR count). The third kappa shape index (κ3) is 4.60. The lowest BCUT2D eigenvalue weighted by Crippen LogP contribution is -2.30. The maximum atomic E-state index is 13.1. The molecule has 0 bridgehead atoms. The van der Waals surface area contributed by atoms with Gasteiger partial charge in [-0.25, -0.2) is 0 Å². The Bertz CT molecular complexity index is 944. The summed E-state index contributed by atoms with van der Waals surface area (Å²) in [5.74, 6) is -0.147. The lowest BCUT2D eigenvalue weighted by atomic mass is 10.1. The predicted octanol–water partition coefficient (Wildman–Crippen LogP) is 7.26. The van der Waals surface area contributed by atoms with Crippen molar-refractivity contribution in [2.75, 3.05) is 4.90 Å². The quantitative estimate of drug-likeness (QED) is 0.394. The Balaban J connectivity index is 2.01. The minimum absolute atomic E-state index is 0.147. The van der Waals surface area contributed by atoms with Gasteiger partial charge < -0.3 is 4.90 Å². The minimum atomic E-state index is -0.147. The van der Waals surface area contributed by atoms with Crippen LogP contribution >= 0.6 is 50.7 Å². The first-order chi connectivity index (χ1) is 12.4. The molecule has 0 aliphatic heterocycles. The lowest BCUT2D eigenvalue weighted by Gasteiger charge is -2.24. The molecule has 26 heavy (non-hydrogen) atoms. The van der Waals surface area contributed by atoms with Crippen molar-refractivity contribution in [2.45, 2.75) is 6.54 Å². The van der Waals surface area contributed by atoms with Gasteiger partial charge in [0.1, 0.15) is 0 Å². The van der Waals surface area contributed by atoms with Crippen LogP contribution < -0.4 is 4.90 Å². The van der Waals surface area contributed by atoms with Crippen molar-refractivity contribution in [3.05, 3.63) is 97.4 Å². The van der Waals surface area contributed by atoms with Gasteiger partial charge >= 0.3 is 0 Å². The summed E-state index contributed by atoms with van der Waals surface area (Å²) in [5.41, 5.74) is 2.05. The minimum Gasteiger partial charge on any atom is -0.304 e. The summed E-state index contributed by atoms with van der Waals surface area (Å²) in [5, 5.41) is 1.61. The largest absolute Gasteiger partial charge is 0.304 e. The number of hydrogen-bond acceptors (Lipinski definition) is 1. The van der Waals surface area contributed by atoms with E-state index < -0.39 is 0 Å². The maximum absolute atomic E-state index is 13.1. The smallest absolute Gasteiger partial charge is 0.258 e. The van der Waals surface area contributed by atoms with Gasteiger partial charge in [0, 0.05) is 30.8 Å². The highest BCUT2D eigenvalue weighted by atomic mass is 79.9. The molecule has 0 saturated carbocycles. The van der Waals surface area contributed by atoms with Crippen LogP contribution in [0.3, 0.4) is 0 Å². The number of carbonyl (C=O) groups excluding carboxylic acids is 1. The highest BCUT2D eigenvalue weighted by Gasteiger charge is 2.19. The van der Waals surface area contributed by atoms with Crippen LogP contribution in [0, 0.1) is 0 Å². The van der Waals surface area contributed by atoms with Crippen molar-refractivity contribution in [3.63, 3.8) is 0 Å². The number of hydrogen-bond donors (Lipinski definition) is 0. The fraction of sp³-hybridized carbons (Fsp3) is 0.0500. The van der Waals surface area contributed by atoms with Crippen LogP contribution in [0.2, 0.25) is 15.1 Å². The molecule has 132 valence electrons. The Morgan fingerprint density at radius 1 is 0.885 bits per heavy atom. The van der Waals surface area contributed by atoms with Crippen molar-refractivity contribution in [2.24, 2.45) is 0 Å². The monoisotopic (exact) mass is 467 g/mol. The van der Waals surface area contributed by atoms with Crippen molar-refractivity contribution in [3.8, 4) is 0 Å². The van der Waals surface area contributed by atoms with E-state index in [0.29, 0.717) is 32.9 Å². The summed E-state index contributed by atoms with van der Waals surface area (Å²) in [7, 11) is 0. The zero-order valence-electron chi connectivity index (χ0n) is 13.4. The third-order valence-electron chi connectivity index (χ3n) is 3.80. The number of rotatable bonds is 4. The molecule has 0 fully saturated rings. The van der Waals surface area contributed by atoms with Crippen LogP contribution in [0.15, 0.2) is 71.2 Å². The van der Waals surface area contributed by atoms with E-state index in [1.54, 1.807) is 41.3 Å². The molecule has 6 heteroatoms. The van der Waals surface area contributed by atoms with E-state index in [2.05, 4.69) is 15.9 Å². The second kappa shape index (κ2) is 8.45. The summed E-state index contributed by atoms with van der Waals surface area (Å²) in [6.07, 6.45) is 0. The van der Waals surface area contributed by atoms with Crippen LogP contribution in [-0.4, -0.2) is 5.91 Å². The SMILES string of the molecule is O=C(c1ccc(Br)cc1)N(Cc1ccc(Cl)cc1Cl)c1cccc(Cl)c1. The molecular weight excluding hydrogens is 456 g/mol. The Hall–Kier alpha value is -1.52. The number of benzene rings is 3. The van der Waals surface area contributed by atoms with Gasteiger partial charge in [-0.1, -0.05) is 62.9 Å². The molecular formula is C20H13BrCl3NO. The third-order valence-corrected chi connectivity index (χ3v) is 5.15. The van der Waals surface area contributed by atoms with E-state index in [1.165, 1.54) is 0 Å². The molecule has 0 spiro atoms. The van der Waals surface area contributed by atoms with Crippen molar-refractivity contribution >= 4 is 62.3 Å². The van der Waals surface area contributed by atoms with Crippen molar-refractivity contribution < 1.29 is 4.79 Å². The van der Waals surface area contributed by atoms with Crippen LogP contribution in [0.1, 0.15) is 15.9 Å². The summed E-state index contributed by atoms with van der Waals surface area (Å²) >= 11 is 21.8. The van der Waals surface area contributed by atoms with Gasteiger partial charge in [0.25, 0.3) is 5.91 Å². The number of anilines is 1. The first-order valence-corrected chi connectivity index (χ1v) is 9.63. The summed E-state index contributed by atoms with van der Waals surface area (Å²) in [6.45, 7) is 0.297. The van der Waals surface area contributed by atoms with E-state index in [9.17, 15) is 4.79 Å². The first kappa shape index (κ1) is 19.2. The fourth-order valence-corrected chi connectivity index (χ4v) is 3.41. The predicted molar refractivity (Wildman–Crippen MR) is 113 cm³/mol. The number of halogens is 4. The Morgan fingerprint density at radius 3 is 2.23 bits per heavy atom. The van der Waals surface area contributed by atoms with Gasteiger partial charge in [-0.05, 0) is 60.2 Å². The molecule has 0 unspecified atom stereocenters. The average molecular weight is 470 g/mol. The fourth-order valence-electron chi connectivity index (χ4n) is 2.49. The number of carbonyl (C=O) groups is 1. The van der Waals surface area contributed by atoms with E-state index in [-0.39, 0.29) is 5.91 Å². The zero-order chi connectivity index (χ0) is 18.7. The van der Waals surface area contributed by atoms with E-state index in [1.807, 2.05) is 30.3 Å². The lowest BCUT2D eigenvalue weighted by molar-refractivity contribution is 0.0985. The number of nitrogens with zero attached hydrogens (tertiary/aromatic N) is 1. The van der Waals surface area contributed by atoms with Gasteiger partial charge in [-0.2, -0.15) is 0 Å². The van der Waals surface area contributed by atoms with E-state index >= 15 is 0 Å². The molecule has 0 radical (unpaired) electrons. The van der Waals surface area contributed by atoms with Crippen LogP contribution in [0.4, 0.5) is 5.69 Å². The molecule has 0 heterocycles. The second-order valence-corrected chi connectivity index (χ2v) is 7.81. The van der Waals surface area contributed by atoms with Gasteiger partial charge in [0.15, 0.2) is 0 Å². The molecule has 3 aromatic carbocycles. The average Bonchev–Trinajstić information content (AvgIpc) is 2.61. The highest BCUT2D eigenvalue weighted by molar-refractivity contribution is 9.10. The molecule has 2 nitrogen and oxygen atoms in total. The molecule has 3 aromatic rings. The Morgan fingerprint density at radius 2 is 1.58 bits per heavy atom. The van der Waals surface area contributed by atoms with Crippen molar-refractivity contribution in [1.29, 1.82) is 0 Å². The van der Waals surface area contributed by atoms with Crippen LogP contribution in [0.25, 0.3) is 0 Å². The normalized spacial score (nSPS) is 10.6. The first-order valence-electron chi connectivity index (χ1n) is 7.71. The standard InChI is InChI=1S/C20H13BrCl3NO/c21-15-7-4-13(5-8-15)20(26)25(18-3-1-2-16(22)10-18)12-14-6-9-17(23)11-19(14)24/h1-11H,12H2. The van der Waals surface area contributed by atoms with E-state index in [0.717, 1.165) is 10.0 Å². The molecule has 1 amide bonds. The molecule has 0 aromatic heterocycles. The van der Waals surface area contributed by atoms with Crippen LogP contribution in [-0.2, 0) is 6.54 Å². The Labute approximate surface area is 175 Å². The second-order valence-electron chi connectivity index (χ2n) is 5.61. The molecule has 0 saturated heterocycles. The summed E-state index contributed by atoms with van der Waals surface area (Å²) < 4.78 is 0.907. The highest BCUT2D eigenvalue weighted by Crippen LogP contribution is 2.27. The van der Waals surface area contributed by atoms with Gasteiger partial charge in [-0.15, -0.1) is 0 Å². The number of amides is 1. The van der Waals surface area contributed by atoms with Gasteiger partial charge in [0.2, 0.25) is 0 Å². The van der Waals surface area contributed by atoms with E-state index in [4.69, 9.17) is 34.8 Å². The molecule has 0 atom stereocenters. The summed E-state index contributed by atoms with van der Waals surface area (Å²) in [4.78, 5) is 14.8. The maximum Gasteiger partial charge on any atom is 0.258 e. The van der Waals surface area contributed by atoms with Gasteiger partial charge in [-0.3, -0.25) is 4.79 Å². The van der Waals surface area contributed by atoms with Crippen molar-refractivity contribution in [1.82, 2.24) is 0 Å². The Kier molecular flexibility index (Phi) is 6.25. The molecule has 0 aliphatic rings. The zero-order valence-corrected chi connectivity index (χ0v) is 17.3. The topological polar surface area (TPSA) is 20.3 Å².